The molecule has 0 fully saturated rings. The Bertz CT molecular complexity index is 391. The third kappa shape index (κ3) is 8.21. The first-order chi connectivity index (χ1) is 10.3. The topological polar surface area (TPSA) is 52.6 Å². The third-order valence-electron chi connectivity index (χ3n) is 2.77. The lowest BCUT2D eigenvalue weighted by molar-refractivity contribution is 0.0642. The van der Waals surface area contributed by atoms with Gasteiger partial charge >= 0.3 is 0 Å². The van der Waals surface area contributed by atoms with Crippen LogP contribution in [0.25, 0.3) is 0 Å². The highest BCUT2D eigenvalue weighted by Gasteiger charge is 2.04. The molecule has 0 aliphatic carbocycles. The summed E-state index contributed by atoms with van der Waals surface area (Å²) in [4.78, 5) is 4.17. The molecule has 0 bridgehead atoms. The number of halogens is 1. The van der Waals surface area contributed by atoms with Gasteiger partial charge in [0.2, 0.25) is 5.88 Å². The van der Waals surface area contributed by atoms with E-state index >= 15 is 0 Å². The highest BCUT2D eigenvalue weighted by atomic mass is 35.5. The molecule has 0 aliphatic rings. The van der Waals surface area contributed by atoms with E-state index < -0.39 is 0 Å². The van der Waals surface area contributed by atoms with Gasteiger partial charge in [-0.25, -0.2) is 4.98 Å². The molecule has 0 amide bonds. The number of rotatable bonds is 12. The van der Waals surface area contributed by atoms with Gasteiger partial charge in [-0.1, -0.05) is 18.5 Å². The summed E-state index contributed by atoms with van der Waals surface area (Å²) in [5, 5.41) is 3.98. The third-order valence-corrected chi connectivity index (χ3v) is 3.11. The SMILES string of the molecule is CCCNCc1cc(OCCCOCCOC)ncc1Cl. The Labute approximate surface area is 131 Å². The van der Waals surface area contributed by atoms with Gasteiger partial charge < -0.3 is 19.5 Å². The summed E-state index contributed by atoms with van der Waals surface area (Å²) in [5.74, 6) is 0.601. The molecule has 0 radical (unpaired) electrons. The Morgan fingerprint density at radius 2 is 2.10 bits per heavy atom. The summed E-state index contributed by atoms with van der Waals surface area (Å²) in [7, 11) is 1.66. The lowest BCUT2D eigenvalue weighted by Crippen LogP contribution is -2.14. The van der Waals surface area contributed by atoms with Gasteiger partial charge in [0.15, 0.2) is 0 Å². The van der Waals surface area contributed by atoms with Crippen LogP contribution >= 0.6 is 11.6 Å². The van der Waals surface area contributed by atoms with Crippen LogP contribution in [0.5, 0.6) is 5.88 Å². The minimum absolute atomic E-state index is 0.573. The number of hydrogen-bond donors (Lipinski definition) is 1. The predicted molar refractivity (Wildman–Crippen MR) is 84.1 cm³/mol. The number of ether oxygens (including phenoxy) is 3. The fourth-order valence-corrected chi connectivity index (χ4v) is 1.82. The van der Waals surface area contributed by atoms with Crippen molar-refractivity contribution < 1.29 is 14.2 Å². The first-order valence-electron chi connectivity index (χ1n) is 7.32. The van der Waals surface area contributed by atoms with Crippen molar-refractivity contribution in [1.29, 1.82) is 0 Å². The average molecular weight is 317 g/mol. The Morgan fingerprint density at radius 3 is 2.86 bits per heavy atom. The number of nitrogens with zero attached hydrogens (tertiary/aromatic N) is 1. The maximum atomic E-state index is 6.12. The minimum Gasteiger partial charge on any atom is -0.478 e. The van der Waals surface area contributed by atoms with Gasteiger partial charge in [0.25, 0.3) is 0 Å². The highest BCUT2D eigenvalue weighted by molar-refractivity contribution is 6.31. The molecular formula is C15H25ClN2O3. The Morgan fingerprint density at radius 1 is 1.24 bits per heavy atom. The average Bonchev–Trinajstić information content (AvgIpc) is 2.49. The number of hydrogen-bond acceptors (Lipinski definition) is 5. The Hall–Kier alpha value is -0.880. The zero-order chi connectivity index (χ0) is 15.3. The van der Waals surface area contributed by atoms with Crippen molar-refractivity contribution in [1.82, 2.24) is 10.3 Å². The maximum absolute atomic E-state index is 6.12. The standard InChI is InChI=1S/C15H25ClN2O3/c1-3-5-17-11-13-10-15(18-12-14(13)16)21-7-4-6-20-9-8-19-2/h10,12,17H,3-9,11H2,1-2H3. The second-order valence-electron chi connectivity index (χ2n) is 4.60. The van der Waals surface area contributed by atoms with Gasteiger partial charge in [-0.2, -0.15) is 0 Å². The van der Waals surface area contributed by atoms with E-state index in [1.54, 1.807) is 13.3 Å². The molecule has 1 rings (SSSR count). The zero-order valence-corrected chi connectivity index (χ0v) is 13.6. The van der Waals surface area contributed by atoms with Crippen LogP contribution in [0, 0.1) is 0 Å². The molecule has 0 atom stereocenters. The number of aromatic nitrogens is 1. The van der Waals surface area contributed by atoms with E-state index in [0.29, 0.717) is 37.3 Å². The van der Waals surface area contributed by atoms with Crippen LogP contribution in [0.2, 0.25) is 5.02 Å². The second-order valence-corrected chi connectivity index (χ2v) is 5.01. The molecule has 0 unspecified atom stereocenters. The molecular weight excluding hydrogens is 292 g/mol. The van der Waals surface area contributed by atoms with Gasteiger partial charge in [0, 0.05) is 38.9 Å². The molecule has 1 aromatic rings. The van der Waals surface area contributed by atoms with Crippen LogP contribution in [0.15, 0.2) is 12.3 Å². The van der Waals surface area contributed by atoms with Crippen LogP contribution in [0.3, 0.4) is 0 Å². The number of methoxy groups -OCH3 is 1. The minimum atomic E-state index is 0.573. The Kier molecular flexibility index (Phi) is 10.2. The first-order valence-corrected chi connectivity index (χ1v) is 7.70. The smallest absolute Gasteiger partial charge is 0.213 e. The molecule has 0 saturated heterocycles. The second kappa shape index (κ2) is 11.7. The summed E-state index contributed by atoms with van der Waals surface area (Å²) in [6, 6.07) is 1.89. The predicted octanol–water partition coefficient (Wildman–Crippen LogP) is 2.67. The normalized spacial score (nSPS) is 10.8. The Balaban J connectivity index is 2.26. The van der Waals surface area contributed by atoms with Gasteiger partial charge in [0.05, 0.1) is 24.8 Å². The lowest BCUT2D eigenvalue weighted by Gasteiger charge is -2.09. The highest BCUT2D eigenvalue weighted by Crippen LogP contribution is 2.19. The maximum Gasteiger partial charge on any atom is 0.213 e. The van der Waals surface area contributed by atoms with E-state index in [1.165, 1.54) is 0 Å². The van der Waals surface area contributed by atoms with Crippen LogP contribution in [-0.2, 0) is 16.0 Å². The van der Waals surface area contributed by atoms with Crippen molar-refractivity contribution in [3.05, 3.63) is 22.8 Å². The fourth-order valence-electron chi connectivity index (χ4n) is 1.65. The van der Waals surface area contributed by atoms with Crippen LogP contribution < -0.4 is 10.1 Å². The van der Waals surface area contributed by atoms with Gasteiger partial charge in [-0.3, -0.25) is 0 Å². The molecule has 1 N–H and O–H groups in total. The lowest BCUT2D eigenvalue weighted by atomic mass is 10.2. The summed E-state index contributed by atoms with van der Waals surface area (Å²) < 4.78 is 15.9. The largest absolute Gasteiger partial charge is 0.478 e. The monoisotopic (exact) mass is 316 g/mol. The van der Waals surface area contributed by atoms with E-state index in [-0.39, 0.29) is 0 Å². The molecule has 0 saturated carbocycles. The summed E-state index contributed by atoms with van der Waals surface area (Å²) >= 11 is 6.12. The van der Waals surface area contributed by atoms with E-state index in [1.807, 2.05) is 6.07 Å². The van der Waals surface area contributed by atoms with Crippen molar-refractivity contribution in [2.45, 2.75) is 26.3 Å². The quantitative estimate of drug-likeness (QED) is 0.601. The summed E-state index contributed by atoms with van der Waals surface area (Å²) in [6.07, 6.45) is 3.54. The van der Waals surface area contributed by atoms with E-state index in [9.17, 15) is 0 Å². The van der Waals surface area contributed by atoms with Gasteiger partial charge in [0.1, 0.15) is 0 Å². The number of nitrogens with one attached hydrogen (secondary N) is 1. The number of pyridine rings is 1. The summed E-state index contributed by atoms with van der Waals surface area (Å²) in [6.45, 7) is 6.28. The molecule has 0 aromatic carbocycles. The fraction of sp³-hybridized carbons (Fsp3) is 0.667. The molecule has 6 heteroatoms. The molecule has 120 valence electrons. The molecule has 1 heterocycles. The first kappa shape index (κ1) is 18.2. The molecule has 0 spiro atoms. The van der Waals surface area contributed by atoms with Crippen LogP contribution in [0.4, 0.5) is 0 Å². The zero-order valence-electron chi connectivity index (χ0n) is 12.9. The van der Waals surface area contributed by atoms with E-state index in [2.05, 4.69) is 17.2 Å². The van der Waals surface area contributed by atoms with Crippen molar-refractivity contribution in [2.24, 2.45) is 0 Å². The van der Waals surface area contributed by atoms with Gasteiger partial charge in [-0.05, 0) is 18.5 Å². The molecule has 1 aromatic heterocycles. The van der Waals surface area contributed by atoms with Crippen LogP contribution in [-0.4, -0.2) is 45.1 Å². The molecule has 21 heavy (non-hydrogen) atoms. The van der Waals surface area contributed by atoms with Gasteiger partial charge in [-0.15, -0.1) is 0 Å². The summed E-state index contributed by atoms with van der Waals surface area (Å²) in [5.41, 5.74) is 1.01. The van der Waals surface area contributed by atoms with E-state index in [0.717, 1.165) is 31.5 Å². The van der Waals surface area contributed by atoms with E-state index in [4.69, 9.17) is 25.8 Å². The molecule has 0 aliphatic heterocycles. The van der Waals surface area contributed by atoms with Crippen LogP contribution in [0.1, 0.15) is 25.3 Å². The van der Waals surface area contributed by atoms with Crippen molar-refractivity contribution in [3.63, 3.8) is 0 Å². The molecule has 5 nitrogen and oxygen atoms in total. The van der Waals surface area contributed by atoms with Crippen molar-refractivity contribution in [2.75, 3.05) is 40.1 Å². The van der Waals surface area contributed by atoms with Crippen molar-refractivity contribution >= 4 is 11.6 Å². The van der Waals surface area contributed by atoms with Crippen molar-refractivity contribution in [3.8, 4) is 5.88 Å².